The maximum Gasteiger partial charge on any atom is 0.223 e. The van der Waals surface area contributed by atoms with Crippen LogP contribution in [0.1, 0.15) is 64.2 Å². The number of hydrogen-bond acceptors (Lipinski definition) is 3. The maximum atomic E-state index is 12.9. The topological polar surface area (TPSA) is 55.6 Å². The molecule has 1 amide bonds. The van der Waals surface area contributed by atoms with Gasteiger partial charge in [0.1, 0.15) is 0 Å². The molecule has 5 rings (SSSR count). The second-order valence-corrected chi connectivity index (χ2v) is 9.19. The Balaban J connectivity index is 0.00000182. The minimum absolute atomic E-state index is 0. The number of amides is 1. The van der Waals surface area contributed by atoms with Crippen molar-refractivity contribution in [1.29, 1.82) is 0 Å². The lowest BCUT2D eigenvalue weighted by Crippen LogP contribution is -2.49. The lowest BCUT2D eigenvalue weighted by Gasteiger charge is -2.57. The van der Waals surface area contributed by atoms with E-state index in [1.165, 1.54) is 38.5 Å². The van der Waals surface area contributed by atoms with Gasteiger partial charge in [-0.3, -0.25) is 4.79 Å². The van der Waals surface area contributed by atoms with Gasteiger partial charge in [0.2, 0.25) is 5.91 Å². The van der Waals surface area contributed by atoms with E-state index in [9.17, 15) is 4.79 Å². The number of likely N-dealkylation sites (tertiary alicyclic amines) is 1. The quantitative estimate of drug-likeness (QED) is 0.729. The third kappa shape index (κ3) is 4.33. The van der Waals surface area contributed by atoms with Crippen LogP contribution in [0, 0.1) is 23.2 Å². The Bertz CT molecular complexity index is 427. The standard InChI is InChI=1S/C20H34N2O2.ClH/c21-4-1-7-24-18-2-5-22(6-3-18)19(23)14-20-11-15-8-16(12-20)10-17(9-15)13-20;/h15-18H,1-14,21H2;1H. The fraction of sp³-hybridized carbons (Fsp3) is 0.950. The van der Waals surface area contributed by atoms with Crippen molar-refractivity contribution in [2.45, 2.75) is 70.3 Å². The average Bonchev–Trinajstić information content (AvgIpc) is 2.54. The summed E-state index contributed by atoms with van der Waals surface area (Å²) in [6.07, 6.45) is 12.5. The van der Waals surface area contributed by atoms with E-state index in [1.807, 2.05) is 0 Å². The van der Waals surface area contributed by atoms with E-state index in [0.717, 1.165) is 63.1 Å². The maximum absolute atomic E-state index is 12.9. The Kier molecular flexibility index (Phi) is 6.33. The van der Waals surface area contributed by atoms with E-state index in [4.69, 9.17) is 10.5 Å². The summed E-state index contributed by atoms with van der Waals surface area (Å²) < 4.78 is 5.87. The summed E-state index contributed by atoms with van der Waals surface area (Å²) in [6, 6.07) is 0. The largest absolute Gasteiger partial charge is 0.378 e. The Morgan fingerprint density at radius 3 is 2.12 bits per heavy atom. The summed E-state index contributed by atoms with van der Waals surface area (Å²) in [5, 5.41) is 0. The molecule has 1 aliphatic heterocycles. The third-order valence-corrected chi connectivity index (χ3v) is 7.19. The Labute approximate surface area is 158 Å². The summed E-state index contributed by atoms with van der Waals surface area (Å²) in [5.41, 5.74) is 5.89. The van der Waals surface area contributed by atoms with Gasteiger partial charge in [-0.15, -0.1) is 12.4 Å². The molecule has 2 N–H and O–H groups in total. The van der Waals surface area contributed by atoms with Crippen LogP contribution in [0.5, 0.6) is 0 Å². The first-order valence-corrected chi connectivity index (χ1v) is 10.3. The van der Waals surface area contributed by atoms with Crippen molar-refractivity contribution in [3.05, 3.63) is 0 Å². The van der Waals surface area contributed by atoms with E-state index in [1.54, 1.807) is 0 Å². The summed E-state index contributed by atoms with van der Waals surface area (Å²) >= 11 is 0. The number of carbonyl (C=O) groups excluding carboxylic acids is 1. The molecular formula is C20H35ClN2O2. The highest BCUT2D eigenvalue weighted by Gasteiger charge is 2.51. The molecule has 0 radical (unpaired) electrons. The number of nitrogens with zero attached hydrogens (tertiary/aromatic N) is 1. The highest BCUT2D eigenvalue weighted by atomic mass is 35.5. The van der Waals surface area contributed by atoms with Crippen LogP contribution < -0.4 is 5.73 Å². The molecular weight excluding hydrogens is 336 g/mol. The smallest absolute Gasteiger partial charge is 0.223 e. The van der Waals surface area contributed by atoms with E-state index in [2.05, 4.69) is 4.90 Å². The van der Waals surface area contributed by atoms with Crippen molar-refractivity contribution in [3.63, 3.8) is 0 Å². The minimum Gasteiger partial charge on any atom is -0.378 e. The van der Waals surface area contributed by atoms with Crippen molar-refractivity contribution in [2.24, 2.45) is 28.9 Å². The average molecular weight is 371 g/mol. The predicted octanol–water partition coefficient (Wildman–Crippen LogP) is 3.37. The predicted molar refractivity (Wildman–Crippen MR) is 102 cm³/mol. The molecule has 0 aromatic carbocycles. The number of hydrogen-bond donors (Lipinski definition) is 1. The molecule has 1 saturated heterocycles. The monoisotopic (exact) mass is 370 g/mol. The first-order valence-electron chi connectivity index (χ1n) is 10.3. The van der Waals surface area contributed by atoms with Gasteiger partial charge >= 0.3 is 0 Å². The minimum atomic E-state index is 0. The summed E-state index contributed by atoms with van der Waals surface area (Å²) in [5.74, 6) is 3.24. The molecule has 5 aliphatic rings. The van der Waals surface area contributed by atoms with Crippen molar-refractivity contribution in [3.8, 4) is 0 Å². The van der Waals surface area contributed by atoms with E-state index in [-0.39, 0.29) is 12.4 Å². The highest BCUT2D eigenvalue weighted by Crippen LogP contribution is 2.61. The number of rotatable bonds is 6. The van der Waals surface area contributed by atoms with Crippen LogP contribution in [0.2, 0.25) is 0 Å². The van der Waals surface area contributed by atoms with E-state index >= 15 is 0 Å². The van der Waals surface area contributed by atoms with Gasteiger partial charge in [0.15, 0.2) is 0 Å². The van der Waals surface area contributed by atoms with Crippen LogP contribution in [0.25, 0.3) is 0 Å². The molecule has 0 aromatic rings. The summed E-state index contributed by atoms with van der Waals surface area (Å²) in [6.45, 7) is 3.24. The highest BCUT2D eigenvalue weighted by molar-refractivity contribution is 5.85. The van der Waals surface area contributed by atoms with Crippen molar-refractivity contribution < 1.29 is 9.53 Å². The molecule has 0 atom stereocenters. The van der Waals surface area contributed by atoms with Crippen LogP contribution in [0.3, 0.4) is 0 Å². The number of halogens is 1. The molecule has 4 nitrogen and oxygen atoms in total. The lowest BCUT2D eigenvalue weighted by atomic mass is 9.49. The van der Waals surface area contributed by atoms with Crippen molar-refractivity contribution in [1.82, 2.24) is 4.90 Å². The van der Waals surface area contributed by atoms with Gasteiger partial charge in [-0.25, -0.2) is 0 Å². The molecule has 25 heavy (non-hydrogen) atoms. The Morgan fingerprint density at radius 1 is 1.04 bits per heavy atom. The Hall–Kier alpha value is -0.320. The van der Waals surface area contributed by atoms with Gasteiger partial charge in [-0.2, -0.15) is 0 Å². The third-order valence-electron chi connectivity index (χ3n) is 7.19. The number of nitrogens with two attached hydrogens (primary N) is 1. The molecule has 0 spiro atoms. The van der Waals surface area contributed by atoms with Gasteiger partial charge in [-0.05, 0) is 87.5 Å². The molecule has 4 aliphatic carbocycles. The zero-order valence-electron chi connectivity index (χ0n) is 15.5. The summed E-state index contributed by atoms with van der Waals surface area (Å²) in [4.78, 5) is 15.0. The van der Waals surface area contributed by atoms with E-state index < -0.39 is 0 Å². The van der Waals surface area contributed by atoms with Crippen LogP contribution in [0.4, 0.5) is 0 Å². The first-order chi connectivity index (χ1) is 11.7. The molecule has 4 saturated carbocycles. The van der Waals surface area contributed by atoms with Gasteiger partial charge in [0.25, 0.3) is 0 Å². The van der Waals surface area contributed by atoms with Gasteiger partial charge in [0, 0.05) is 26.1 Å². The lowest BCUT2D eigenvalue weighted by molar-refractivity contribution is -0.142. The van der Waals surface area contributed by atoms with Gasteiger partial charge < -0.3 is 15.4 Å². The molecule has 5 heteroatoms. The van der Waals surface area contributed by atoms with Crippen molar-refractivity contribution >= 4 is 18.3 Å². The van der Waals surface area contributed by atoms with Gasteiger partial charge in [0.05, 0.1) is 6.10 Å². The molecule has 5 fully saturated rings. The van der Waals surface area contributed by atoms with Crippen LogP contribution in [-0.2, 0) is 9.53 Å². The summed E-state index contributed by atoms with van der Waals surface area (Å²) in [7, 11) is 0. The van der Waals surface area contributed by atoms with Crippen LogP contribution in [-0.4, -0.2) is 43.2 Å². The zero-order chi connectivity index (χ0) is 16.6. The fourth-order valence-electron chi connectivity index (χ4n) is 6.54. The van der Waals surface area contributed by atoms with E-state index in [0.29, 0.717) is 24.0 Å². The molecule has 0 aromatic heterocycles. The fourth-order valence-corrected chi connectivity index (χ4v) is 6.54. The first kappa shape index (κ1) is 19.4. The second-order valence-electron chi connectivity index (χ2n) is 9.19. The van der Waals surface area contributed by atoms with Crippen molar-refractivity contribution in [2.75, 3.05) is 26.2 Å². The molecule has 1 heterocycles. The molecule has 4 bridgehead atoms. The second kappa shape index (κ2) is 8.14. The van der Waals surface area contributed by atoms with Crippen LogP contribution >= 0.6 is 12.4 Å². The normalized spacial score (nSPS) is 37.2. The number of carbonyl (C=O) groups is 1. The molecule has 0 unspecified atom stereocenters. The zero-order valence-corrected chi connectivity index (χ0v) is 16.3. The van der Waals surface area contributed by atoms with Crippen LogP contribution in [0.15, 0.2) is 0 Å². The number of ether oxygens (including phenoxy) is 1. The van der Waals surface area contributed by atoms with Gasteiger partial charge in [-0.1, -0.05) is 0 Å². The Morgan fingerprint density at radius 2 is 1.60 bits per heavy atom. The molecule has 144 valence electrons. The SMILES string of the molecule is Cl.NCCCOC1CCN(C(=O)CC23CC4CC(CC(C4)C2)C3)CC1. The number of piperidine rings is 1.